The lowest BCUT2D eigenvalue weighted by molar-refractivity contribution is 0.318. The topological polar surface area (TPSA) is 75.2 Å². The molecule has 0 atom stereocenters. The SMILES string of the molecule is CCOc1cc(-c2nc3c(c(=O)[nH]2)CCCC3)ccc1O. The van der Waals surface area contributed by atoms with Gasteiger partial charge in [-0.1, -0.05) is 0 Å². The van der Waals surface area contributed by atoms with E-state index in [2.05, 4.69) is 9.97 Å². The molecule has 1 aromatic carbocycles. The number of hydrogen-bond donors (Lipinski definition) is 2. The summed E-state index contributed by atoms with van der Waals surface area (Å²) < 4.78 is 5.37. The molecule has 0 aliphatic heterocycles. The van der Waals surface area contributed by atoms with Crippen LogP contribution >= 0.6 is 0 Å². The second kappa shape index (κ2) is 5.60. The Morgan fingerprint density at radius 3 is 2.95 bits per heavy atom. The smallest absolute Gasteiger partial charge is 0.254 e. The van der Waals surface area contributed by atoms with Gasteiger partial charge >= 0.3 is 0 Å². The van der Waals surface area contributed by atoms with Gasteiger partial charge in [0.05, 0.1) is 12.3 Å². The summed E-state index contributed by atoms with van der Waals surface area (Å²) in [5.41, 5.74) is 2.39. The molecule has 0 radical (unpaired) electrons. The maximum atomic E-state index is 12.2. The van der Waals surface area contributed by atoms with E-state index in [1.54, 1.807) is 18.2 Å². The third kappa shape index (κ3) is 2.63. The number of hydrogen-bond acceptors (Lipinski definition) is 4. The largest absolute Gasteiger partial charge is 0.504 e. The molecule has 5 nitrogen and oxygen atoms in total. The minimum absolute atomic E-state index is 0.0549. The Morgan fingerprint density at radius 1 is 1.33 bits per heavy atom. The van der Waals surface area contributed by atoms with Crippen molar-refractivity contribution < 1.29 is 9.84 Å². The molecule has 2 aromatic rings. The number of aromatic amines is 1. The van der Waals surface area contributed by atoms with Crippen molar-refractivity contribution in [2.75, 3.05) is 6.61 Å². The number of fused-ring (bicyclic) bond motifs is 1. The number of benzene rings is 1. The molecule has 110 valence electrons. The summed E-state index contributed by atoms with van der Waals surface area (Å²) in [6, 6.07) is 4.98. The molecule has 0 amide bonds. The van der Waals surface area contributed by atoms with E-state index in [1.807, 2.05) is 6.92 Å². The Kier molecular flexibility index (Phi) is 3.64. The van der Waals surface area contributed by atoms with Gasteiger partial charge in [-0.25, -0.2) is 4.98 Å². The molecule has 1 aliphatic rings. The predicted octanol–water partition coefficient (Wildman–Crippen LogP) is 2.42. The van der Waals surface area contributed by atoms with E-state index in [4.69, 9.17) is 4.74 Å². The van der Waals surface area contributed by atoms with Crippen molar-refractivity contribution in [1.82, 2.24) is 9.97 Å². The van der Waals surface area contributed by atoms with Gasteiger partial charge < -0.3 is 14.8 Å². The van der Waals surface area contributed by atoms with Crippen molar-refractivity contribution in [3.05, 3.63) is 39.8 Å². The van der Waals surface area contributed by atoms with E-state index in [1.165, 1.54) is 0 Å². The minimum Gasteiger partial charge on any atom is -0.504 e. The molecule has 0 saturated carbocycles. The highest BCUT2D eigenvalue weighted by molar-refractivity contribution is 5.61. The third-order valence-electron chi connectivity index (χ3n) is 3.72. The highest BCUT2D eigenvalue weighted by Gasteiger charge is 2.16. The Hall–Kier alpha value is -2.30. The lowest BCUT2D eigenvalue weighted by Gasteiger charge is -2.15. The molecular weight excluding hydrogens is 268 g/mol. The predicted molar refractivity (Wildman–Crippen MR) is 79.8 cm³/mol. The summed E-state index contributed by atoms with van der Waals surface area (Å²) in [7, 11) is 0. The van der Waals surface area contributed by atoms with Crippen LogP contribution in [-0.4, -0.2) is 21.7 Å². The number of H-pyrrole nitrogens is 1. The molecule has 0 fully saturated rings. The van der Waals surface area contributed by atoms with Gasteiger partial charge in [0, 0.05) is 11.1 Å². The van der Waals surface area contributed by atoms with Crippen LogP contribution in [0.3, 0.4) is 0 Å². The fourth-order valence-electron chi connectivity index (χ4n) is 2.67. The number of rotatable bonds is 3. The molecule has 5 heteroatoms. The number of aryl methyl sites for hydroxylation is 1. The van der Waals surface area contributed by atoms with E-state index in [-0.39, 0.29) is 11.3 Å². The monoisotopic (exact) mass is 286 g/mol. The van der Waals surface area contributed by atoms with Crippen LogP contribution in [0.15, 0.2) is 23.0 Å². The van der Waals surface area contributed by atoms with Crippen molar-refractivity contribution in [3.63, 3.8) is 0 Å². The first-order valence-corrected chi connectivity index (χ1v) is 7.27. The van der Waals surface area contributed by atoms with Gasteiger partial charge in [0.15, 0.2) is 11.5 Å². The van der Waals surface area contributed by atoms with Crippen molar-refractivity contribution in [2.24, 2.45) is 0 Å². The Labute approximate surface area is 122 Å². The lowest BCUT2D eigenvalue weighted by atomic mass is 9.97. The summed E-state index contributed by atoms with van der Waals surface area (Å²) in [6.45, 7) is 2.32. The van der Waals surface area contributed by atoms with Gasteiger partial charge in [-0.2, -0.15) is 0 Å². The second-order valence-electron chi connectivity index (χ2n) is 5.16. The summed E-state index contributed by atoms with van der Waals surface area (Å²) >= 11 is 0. The van der Waals surface area contributed by atoms with E-state index in [9.17, 15) is 9.90 Å². The highest BCUT2D eigenvalue weighted by Crippen LogP contribution is 2.30. The number of nitrogens with zero attached hydrogens (tertiary/aromatic N) is 1. The molecule has 21 heavy (non-hydrogen) atoms. The van der Waals surface area contributed by atoms with Crippen LogP contribution in [-0.2, 0) is 12.8 Å². The zero-order chi connectivity index (χ0) is 14.8. The average Bonchev–Trinajstić information content (AvgIpc) is 2.50. The summed E-state index contributed by atoms with van der Waals surface area (Å²) in [5, 5.41) is 9.74. The van der Waals surface area contributed by atoms with Crippen LogP contribution in [0, 0.1) is 0 Å². The zero-order valence-electron chi connectivity index (χ0n) is 12.0. The van der Waals surface area contributed by atoms with Gasteiger partial charge in [-0.3, -0.25) is 4.79 Å². The van der Waals surface area contributed by atoms with Crippen molar-refractivity contribution >= 4 is 0 Å². The molecule has 1 heterocycles. The third-order valence-corrected chi connectivity index (χ3v) is 3.72. The minimum atomic E-state index is -0.0549. The Balaban J connectivity index is 2.06. The van der Waals surface area contributed by atoms with Crippen molar-refractivity contribution in [1.29, 1.82) is 0 Å². The molecule has 0 saturated heterocycles. The fourth-order valence-corrected chi connectivity index (χ4v) is 2.67. The first kappa shape index (κ1) is 13.7. The van der Waals surface area contributed by atoms with Crippen LogP contribution in [0.1, 0.15) is 31.0 Å². The molecule has 0 unspecified atom stereocenters. The van der Waals surface area contributed by atoms with Crippen LogP contribution in [0.5, 0.6) is 11.5 Å². The number of aromatic hydroxyl groups is 1. The normalized spacial score (nSPS) is 13.8. The van der Waals surface area contributed by atoms with Crippen LogP contribution in [0.25, 0.3) is 11.4 Å². The maximum Gasteiger partial charge on any atom is 0.254 e. The molecule has 0 bridgehead atoms. The molecule has 1 aliphatic carbocycles. The molecular formula is C16H18N2O3. The second-order valence-corrected chi connectivity index (χ2v) is 5.16. The average molecular weight is 286 g/mol. The molecule has 2 N–H and O–H groups in total. The van der Waals surface area contributed by atoms with Gasteiger partial charge in [0.2, 0.25) is 0 Å². The van der Waals surface area contributed by atoms with E-state index < -0.39 is 0 Å². The first-order valence-electron chi connectivity index (χ1n) is 7.27. The Morgan fingerprint density at radius 2 is 2.14 bits per heavy atom. The Bertz CT molecular complexity index is 722. The summed E-state index contributed by atoms with van der Waals surface area (Å²) in [4.78, 5) is 19.6. The van der Waals surface area contributed by atoms with E-state index in [0.29, 0.717) is 18.2 Å². The van der Waals surface area contributed by atoms with Crippen molar-refractivity contribution in [2.45, 2.75) is 32.6 Å². The van der Waals surface area contributed by atoms with Crippen LogP contribution in [0.2, 0.25) is 0 Å². The van der Waals surface area contributed by atoms with Gasteiger partial charge in [-0.15, -0.1) is 0 Å². The number of ether oxygens (including phenoxy) is 1. The highest BCUT2D eigenvalue weighted by atomic mass is 16.5. The van der Waals surface area contributed by atoms with Gasteiger partial charge in [0.1, 0.15) is 5.82 Å². The van der Waals surface area contributed by atoms with Crippen LogP contribution < -0.4 is 10.3 Å². The first-order chi connectivity index (χ1) is 10.2. The molecule has 1 aromatic heterocycles. The number of phenols is 1. The lowest BCUT2D eigenvalue weighted by Crippen LogP contribution is -2.21. The van der Waals surface area contributed by atoms with Gasteiger partial charge in [-0.05, 0) is 50.8 Å². The maximum absolute atomic E-state index is 12.2. The number of phenolic OH excluding ortho intramolecular Hbond substituents is 1. The van der Waals surface area contributed by atoms with Crippen LogP contribution in [0.4, 0.5) is 0 Å². The number of aromatic nitrogens is 2. The van der Waals surface area contributed by atoms with Gasteiger partial charge in [0.25, 0.3) is 5.56 Å². The van der Waals surface area contributed by atoms with Crippen molar-refractivity contribution in [3.8, 4) is 22.9 Å². The van der Waals surface area contributed by atoms with E-state index in [0.717, 1.165) is 42.5 Å². The standard InChI is InChI=1S/C16H18N2O3/c1-2-21-14-9-10(7-8-13(14)19)15-17-12-6-4-3-5-11(12)16(20)18-15/h7-9,19H,2-6H2,1H3,(H,17,18,20). The summed E-state index contributed by atoms with van der Waals surface area (Å²) in [5.74, 6) is 1.01. The van der Waals surface area contributed by atoms with E-state index >= 15 is 0 Å². The zero-order valence-corrected chi connectivity index (χ0v) is 12.0. The number of nitrogens with one attached hydrogen (secondary N) is 1. The molecule has 0 spiro atoms. The quantitative estimate of drug-likeness (QED) is 0.908. The summed E-state index contributed by atoms with van der Waals surface area (Å²) in [6.07, 6.45) is 3.77. The fraction of sp³-hybridized carbons (Fsp3) is 0.375. The molecule has 3 rings (SSSR count).